The van der Waals surface area contributed by atoms with E-state index in [1.165, 1.54) is 0 Å². The normalized spacial score (nSPS) is 11.1. The molecule has 0 saturated heterocycles. The van der Waals surface area contributed by atoms with Gasteiger partial charge in [-0.05, 0) is 18.4 Å². The molecule has 0 unspecified atom stereocenters. The zero-order chi connectivity index (χ0) is 12.2. The molecule has 0 aliphatic heterocycles. The maximum Gasteiger partial charge on any atom is 0.147 e. The van der Waals surface area contributed by atoms with Crippen LogP contribution < -0.4 is 0 Å². The summed E-state index contributed by atoms with van der Waals surface area (Å²) in [7, 11) is 0. The number of aliphatic hydroxyl groups is 1. The van der Waals surface area contributed by atoms with Crippen molar-refractivity contribution in [1.82, 2.24) is 0 Å². The van der Waals surface area contributed by atoms with Gasteiger partial charge in [0.15, 0.2) is 0 Å². The first-order chi connectivity index (χ1) is 8.43. The van der Waals surface area contributed by atoms with Gasteiger partial charge in [0.1, 0.15) is 6.79 Å². The molecule has 0 atom stereocenters. The lowest BCUT2D eigenvalue weighted by Crippen LogP contribution is -2.01. The lowest BCUT2D eigenvalue weighted by Gasteiger charge is -2.04. The molecule has 0 aliphatic rings. The number of hydrogen-bond acceptors (Lipinski definition) is 3. The molecule has 0 radical (unpaired) electrons. The van der Waals surface area contributed by atoms with Crippen molar-refractivity contribution in [2.45, 2.75) is 19.4 Å². The molecule has 1 rings (SSSR count). The molecule has 17 heavy (non-hydrogen) atoms. The van der Waals surface area contributed by atoms with E-state index in [0.29, 0.717) is 26.4 Å². The third-order valence-electron chi connectivity index (χ3n) is 2.17. The van der Waals surface area contributed by atoms with E-state index in [4.69, 9.17) is 14.6 Å². The summed E-state index contributed by atoms with van der Waals surface area (Å²) in [6, 6.07) is 10.0. The summed E-state index contributed by atoms with van der Waals surface area (Å²) in [6.45, 7) is 1.76. The van der Waals surface area contributed by atoms with Gasteiger partial charge in [-0.3, -0.25) is 0 Å². The van der Waals surface area contributed by atoms with Crippen LogP contribution in [0.3, 0.4) is 0 Å². The molecule has 0 bridgehead atoms. The SMILES string of the molecule is OCCC=CCCOCOCc1ccccc1. The molecule has 1 aromatic rings. The highest BCUT2D eigenvalue weighted by atomic mass is 16.7. The highest BCUT2D eigenvalue weighted by Crippen LogP contribution is 2.00. The summed E-state index contributed by atoms with van der Waals surface area (Å²) in [5, 5.41) is 8.54. The van der Waals surface area contributed by atoms with Crippen LogP contribution in [0.4, 0.5) is 0 Å². The lowest BCUT2D eigenvalue weighted by atomic mass is 10.2. The van der Waals surface area contributed by atoms with Gasteiger partial charge in [-0.2, -0.15) is 0 Å². The van der Waals surface area contributed by atoms with E-state index in [2.05, 4.69) is 0 Å². The number of ether oxygens (including phenoxy) is 2. The van der Waals surface area contributed by atoms with Gasteiger partial charge in [-0.25, -0.2) is 0 Å². The molecule has 1 N–H and O–H groups in total. The molecule has 0 fully saturated rings. The first-order valence-corrected chi connectivity index (χ1v) is 5.88. The van der Waals surface area contributed by atoms with Crippen molar-refractivity contribution in [3.63, 3.8) is 0 Å². The summed E-state index contributed by atoms with van der Waals surface area (Å²) >= 11 is 0. The Morgan fingerprint density at radius 1 is 1.00 bits per heavy atom. The second-order valence-electron chi connectivity index (χ2n) is 3.63. The van der Waals surface area contributed by atoms with Crippen LogP contribution in [-0.4, -0.2) is 25.1 Å². The van der Waals surface area contributed by atoms with Crippen LogP contribution in [0.25, 0.3) is 0 Å². The van der Waals surface area contributed by atoms with Gasteiger partial charge in [0.2, 0.25) is 0 Å². The molecule has 1 aromatic carbocycles. The van der Waals surface area contributed by atoms with Crippen molar-refractivity contribution in [2.24, 2.45) is 0 Å². The van der Waals surface area contributed by atoms with Crippen LogP contribution in [0.5, 0.6) is 0 Å². The summed E-state index contributed by atoms with van der Waals surface area (Å²) in [5.41, 5.74) is 1.15. The zero-order valence-electron chi connectivity index (χ0n) is 10.0. The maximum absolute atomic E-state index is 8.54. The Kier molecular flexibility index (Phi) is 8.20. The fourth-order valence-corrected chi connectivity index (χ4v) is 1.31. The van der Waals surface area contributed by atoms with Crippen LogP contribution in [-0.2, 0) is 16.1 Å². The monoisotopic (exact) mass is 236 g/mol. The third-order valence-corrected chi connectivity index (χ3v) is 2.17. The second kappa shape index (κ2) is 10.0. The number of hydrogen-bond donors (Lipinski definition) is 1. The maximum atomic E-state index is 8.54. The quantitative estimate of drug-likeness (QED) is 0.407. The van der Waals surface area contributed by atoms with Crippen molar-refractivity contribution in [1.29, 1.82) is 0 Å². The molecule has 0 aromatic heterocycles. The van der Waals surface area contributed by atoms with Gasteiger partial charge in [0.25, 0.3) is 0 Å². The van der Waals surface area contributed by atoms with Crippen molar-refractivity contribution in [3.8, 4) is 0 Å². The Bertz CT molecular complexity index is 296. The third kappa shape index (κ3) is 7.69. The standard InChI is InChI=1S/C14H20O3/c15-10-6-1-2-7-11-16-13-17-12-14-8-4-3-5-9-14/h1-5,8-9,15H,6-7,10-13H2. The Hall–Kier alpha value is -1.16. The smallest absolute Gasteiger partial charge is 0.147 e. The van der Waals surface area contributed by atoms with Crippen molar-refractivity contribution in [2.75, 3.05) is 20.0 Å². The van der Waals surface area contributed by atoms with E-state index < -0.39 is 0 Å². The predicted octanol–water partition coefficient (Wildman–Crippen LogP) is 2.51. The van der Waals surface area contributed by atoms with Crippen LogP contribution in [0.1, 0.15) is 18.4 Å². The van der Waals surface area contributed by atoms with Gasteiger partial charge in [0.05, 0.1) is 13.2 Å². The minimum absolute atomic E-state index is 0.206. The van der Waals surface area contributed by atoms with Crippen LogP contribution >= 0.6 is 0 Å². The molecule has 94 valence electrons. The average molecular weight is 236 g/mol. The molecule has 3 nitrogen and oxygen atoms in total. The van der Waals surface area contributed by atoms with Crippen molar-refractivity contribution in [3.05, 3.63) is 48.0 Å². The Morgan fingerprint density at radius 3 is 2.53 bits per heavy atom. The summed E-state index contributed by atoms with van der Waals surface area (Å²) in [5.74, 6) is 0. The molecule has 3 heteroatoms. The molecular weight excluding hydrogens is 216 g/mol. The Morgan fingerprint density at radius 2 is 1.76 bits per heavy atom. The van der Waals surface area contributed by atoms with Gasteiger partial charge in [-0.15, -0.1) is 0 Å². The van der Waals surface area contributed by atoms with E-state index in [9.17, 15) is 0 Å². The van der Waals surface area contributed by atoms with Crippen molar-refractivity contribution < 1.29 is 14.6 Å². The first kappa shape index (κ1) is 13.9. The first-order valence-electron chi connectivity index (χ1n) is 5.88. The number of aliphatic hydroxyl groups excluding tert-OH is 1. The van der Waals surface area contributed by atoms with E-state index in [0.717, 1.165) is 12.0 Å². The van der Waals surface area contributed by atoms with Crippen LogP contribution in [0.2, 0.25) is 0 Å². The highest BCUT2D eigenvalue weighted by Gasteiger charge is 1.91. The molecule has 0 amide bonds. The minimum atomic E-state index is 0.206. The fraction of sp³-hybridized carbons (Fsp3) is 0.429. The van der Waals surface area contributed by atoms with Gasteiger partial charge in [0, 0.05) is 6.61 Å². The predicted molar refractivity (Wildman–Crippen MR) is 67.5 cm³/mol. The zero-order valence-corrected chi connectivity index (χ0v) is 10.0. The topological polar surface area (TPSA) is 38.7 Å². The molecule has 0 saturated carbocycles. The highest BCUT2D eigenvalue weighted by molar-refractivity contribution is 5.13. The van der Waals surface area contributed by atoms with E-state index in [1.54, 1.807) is 0 Å². The van der Waals surface area contributed by atoms with Gasteiger partial charge >= 0.3 is 0 Å². The second-order valence-corrected chi connectivity index (χ2v) is 3.63. The van der Waals surface area contributed by atoms with E-state index >= 15 is 0 Å². The summed E-state index contributed by atoms with van der Waals surface area (Å²) < 4.78 is 10.7. The van der Waals surface area contributed by atoms with Crippen molar-refractivity contribution >= 4 is 0 Å². The lowest BCUT2D eigenvalue weighted by molar-refractivity contribution is -0.0600. The molecular formula is C14H20O3. The van der Waals surface area contributed by atoms with Crippen LogP contribution in [0.15, 0.2) is 42.5 Å². The van der Waals surface area contributed by atoms with Crippen LogP contribution in [0, 0.1) is 0 Å². The molecule has 0 aliphatic carbocycles. The number of rotatable bonds is 9. The molecule has 0 spiro atoms. The summed E-state index contributed by atoms with van der Waals surface area (Å²) in [6.07, 6.45) is 5.53. The fourth-order valence-electron chi connectivity index (χ4n) is 1.31. The Labute approximate surface area is 103 Å². The molecule has 0 heterocycles. The van der Waals surface area contributed by atoms with E-state index in [-0.39, 0.29) is 6.61 Å². The van der Waals surface area contributed by atoms with Gasteiger partial charge in [-0.1, -0.05) is 42.5 Å². The number of benzene rings is 1. The Balaban J connectivity index is 1.91. The minimum Gasteiger partial charge on any atom is -0.396 e. The van der Waals surface area contributed by atoms with Gasteiger partial charge < -0.3 is 14.6 Å². The van der Waals surface area contributed by atoms with E-state index in [1.807, 2.05) is 42.5 Å². The summed E-state index contributed by atoms with van der Waals surface area (Å²) in [4.78, 5) is 0. The largest absolute Gasteiger partial charge is 0.396 e. The average Bonchev–Trinajstić information content (AvgIpc) is 2.38.